The number of halogens is 4. The van der Waals surface area contributed by atoms with Crippen molar-refractivity contribution in [2.45, 2.75) is 24.4 Å². The first-order valence-electron chi connectivity index (χ1n) is 5.81. The van der Waals surface area contributed by atoms with Gasteiger partial charge in [-0.05, 0) is 12.1 Å². The van der Waals surface area contributed by atoms with Crippen LogP contribution in [0.15, 0.2) is 18.3 Å². The quantitative estimate of drug-likeness (QED) is 0.624. The first kappa shape index (κ1) is 15.7. The molecule has 0 bridgehead atoms. The summed E-state index contributed by atoms with van der Waals surface area (Å²) >= 11 is 0. The van der Waals surface area contributed by atoms with E-state index in [0.29, 0.717) is 6.20 Å². The van der Waals surface area contributed by atoms with E-state index in [0.717, 1.165) is 17.0 Å². The summed E-state index contributed by atoms with van der Waals surface area (Å²) in [6.07, 6.45) is -4.36. The topological polar surface area (TPSA) is 67.3 Å². The number of aromatic nitrogens is 1. The number of rotatable bonds is 3. The Bertz CT molecular complexity index is 642. The lowest BCUT2D eigenvalue weighted by molar-refractivity contribution is -0.138. The number of hydrogen-bond donors (Lipinski definition) is 0. The highest BCUT2D eigenvalue weighted by molar-refractivity contribution is 7.87. The molecule has 1 amide bonds. The van der Waals surface area contributed by atoms with E-state index in [2.05, 4.69) is 4.98 Å². The molecule has 5 nitrogen and oxygen atoms in total. The van der Waals surface area contributed by atoms with Crippen molar-refractivity contribution in [1.82, 2.24) is 9.88 Å². The Labute approximate surface area is 117 Å². The summed E-state index contributed by atoms with van der Waals surface area (Å²) in [6, 6.07) is 1.90. The number of likely N-dealkylation sites (tertiary alicyclic amines) is 1. The van der Waals surface area contributed by atoms with Gasteiger partial charge in [-0.25, -0.2) is 0 Å². The highest BCUT2D eigenvalue weighted by atomic mass is 32.3. The van der Waals surface area contributed by atoms with Crippen molar-refractivity contribution in [3.8, 4) is 0 Å². The molecule has 0 aliphatic carbocycles. The van der Waals surface area contributed by atoms with Gasteiger partial charge in [0.2, 0.25) is 5.91 Å². The lowest BCUT2D eigenvalue weighted by atomic mass is 10.2. The fourth-order valence-electron chi connectivity index (χ4n) is 1.96. The van der Waals surface area contributed by atoms with Crippen LogP contribution in [0.1, 0.15) is 17.7 Å². The molecule has 21 heavy (non-hydrogen) atoms. The second-order valence-corrected chi connectivity index (χ2v) is 6.23. The van der Waals surface area contributed by atoms with Crippen molar-refractivity contribution in [3.05, 3.63) is 29.6 Å². The van der Waals surface area contributed by atoms with Gasteiger partial charge in [-0.15, -0.1) is 3.89 Å². The van der Waals surface area contributed by atoms with Crippen LogP contribution in [0.4, 0.5) is 17.1 Å². The summed E-state index contributed by atoms with van der Waals surface area (Å²) in [5.41, 5.74) is -0.767. The van der Waals surface area contributed by atoms with Gasteiger partial charge >= 0.3 is 16.4 Å². The van der Waals surface area contributed by atoms with Crippen molar-refractivity contribution in [1.29, 1.82) is 0 Å². The Morgan fingerprint density at radius 1 is 1.33 bits per heavy atom. The largest absolute Gasteiger partial charge is 0.417 e. The van der Waals surface area contributed by atoms with E-state index in [-0.39, 0.29) is 18.8 Å². The summed E-state index contributed by atoms with van der Waals surface area (Å²) in [5.74, 6) is -0.581. The van der Waals surface area contributed by atoms with E-state index < -0.39 is 39.5 Å². The minimum atomic E-state index is -4.82. The molecule has 0 N–H and O–H groups in total. The summed E-state index contributed by atoms with van der Waals surface area (Å²) in [6.45, 7) is -0.497. The number of nitrogens with zero attached hydrogens (tertiary/aromatic N) is 2. The van der Waals surface area contributed by atoms with E-state index in [9.17, 15) is 30.3 Å². The third-order valence-electron chi connectivity index (χ3n) is 3.08. The Morgan fingerprint density at radius 3 is 2.43 bits per heavy atom. The van der Waals surface area contributed by atoms with Gasteiger partial charge in [-0.2, -0.15) is 21.6 Å². The zero-order valence-electron chi connectivity index (χ0n) is 10.5. The predicted molar refractivity (Wildman–Crippen MR) is 63.1 cm³/mol. The van der Waals surface area contributed by atoms with Crippen LogP contribution in [0.3, 0.4) is 0 Å². The van der Waals surface area contributed by atoms with E-state index in [1.807, 2.05) is 0 Å². The second kappa shape index (κ2) is 5.24. The molecule has 10 heteroatoms. The summed E-state index contributed by atoms with van der Waals surface area (Å²) in [5, 5.41) is -1.43. The van der Waals surface area contributed by atoms with Crippen molar-refractivity contribution >= 4 is 16.1 Å². The minimum absolute atomic E-state index is 0.160. The molecule has 1 aliphatic heterocycles. The van der Waals surface area contributed by atoms with Crippen LogP contribution in [0.5, 0.6) is 0 Å². The van der Waals surface area contributed by atoms with Crippen LogP contribution >= 0.6 is 0 Å². The molecule has 0 aromatic carbocycles. The molecule has 1 saturated heterocycles. The van der Waals surface area contributed by atoms with Gasteiger partial charge in [-0.3, -0.25) is 9.78 Å². The molecule has 1 aromatic heterocycles. The third-order valence-corrected chi connectivity index (χ3v) is 4.19. The molecule has 1 unspecified atom stereocenters. The average Bonchev–Trinajstić information content (AvgIpc) is 2.70. The third kappa shape index (κ3) is 3.69. The molecule has 0 radical (unpaired) electrons. The van der Waals surface area contributed by atoms with Crippen molar-refractivity contribution in [2.75, 3.05) is 6.54 Å². The number of pyridine rings is 1. The smallest absolute Gasteiger partial charge is 0.335 e. The van der Waals surface area contributed by atoms with E-state index in [1.54, 1.807) is 0 Å². The first-order chi connectivity index (χ1) is 9.57. The van der Waals surface area contributed by atoms with E-state index in [4.69, 9.17) is 0 Å². The van der Waals surface area contributed by atoms with Crippen LogP contribution in [-0.2, 0) is 27.7 Å². The Kier molecular flexibility index (Phi) is 3.91. The summed E-state index contributed by atoms with van der Waals surface area (Å²) < 4.78 is 71.4. The number of alkyl halides is 3. The van der Waals surface area contributed by atoms with Crippen LogP contribution in [0, 0.1) is 0 Å². The molecule has 0 saturated carbocycles. The van der Waals surface area contributed by atoms with Gasteiger partial charge in [-0.1, -0.05) is 0 Å². The fourth-order valence-corrected chi connectivity index (χ4v) is 2.66. The molecular weight excluding hydrogens is 316 g/mol. The monoisotopic (exact) mass is 326 g/mol. The highest BCUT2D eigenvalue weighted by Crippen LogP contribution is 2.28. The molecular formula is C11H10F4N2O3S. The normalized spacial score (nSPS) is 20.1. The van der Waals surface area contributed by atoms with Gasteiger partial charge in [0.25, 0.3) is 0 Å². The van der Waals surface area contributed by atoms with E-state index >= 15 is 0 Å². The number of amides is 1. The average molecular weight is 326 g/mol. The Balaban J connectivity index is 2.07. The van der Waals surface area contributed by atoms with Crippen LogP contribution in [0.25, 0.3) is 0 Å². The minimum Gasteiger partial charge on any atom is -0.335 e. The van der Waals surface area contributed by atoms with Gasteiger partial charge in [0.1, 0.15) is 5.25 Å². The van der Waals surface area contributed by atoms with Gasteiger partial charge in [0, 0.05) is 19.2 Å². The SMILES string of the molecule is O=C1CC(S(=O)(=O)F)CN1Cc1ccc(C(F)(F)F)cn1. The van der Waals surface area contributed by atoms with Crippen molar-refractivity contribution in [2.24, 2.45) is 0 Å². The maximum absolute atomic E-state index is 12.8. The highest BCUT2D eigenvalue weighted by Gasteiger charge is 2.38. The first-order valence-corrected chi connectivity index (χ1v) is 7.25. The Hall–Kier alpha value is -1.71. The molecule has 1 aromatic rings. The molecule has 1 fully saturated rings. The maximum Gasteiger partial charge on any atom is 0.417 e. The zero-order valence-corrected chi connectivity index (χ0v) is 11.3. The molecule has 0 spiro atoms. The fraction of sp³-hybridized carbons (Fsp3) is 0.455. The zero-order chi connectivity index (χ0) is 15.8. The van der Waals surface area contributed by atoms with Crippen LogP contribution < -0.4 is 0 Å². The Morgan fingerprint density at radius 2 is 2.00 bits per heavy atom. The van der Waals surface area contributed by atoms with Gasteiger partial charge < -0.3 is 4.90 Å². The van der Waals surface area contributed by atoms with Crippen molar-refractivity contribution in [3.63, 3.8) is 0 Å². The lowest BCUT2D eigenvalue weighted by Gasteiger charge is -2.15. The van der Waals surface area contributed by atoms with Gasteiger partial charge in [0.05, 0.1) is 17.8 Å². The summed E-state index contributed by atoms with van der Waals surface area (Å²) in [7, 11) is -4.82. The molecule has 1 aliphatic rings. The van der Waals surface area contributed by atoms with Crippen LogP contribution in [0.2, 0.25) is 0 Å². The van der Waals surface area contributed by atoms with E-state index in [1.165, 1.54) is 0 Å². The van der Waals surface area contributed by atoms with Crippen LogP contribution in [-0.4, -0.2) is 36.0 Å². The number of carbonyl (C=O) groups is 1. The summed E-state index contributed by atoms with van der Waals surface area (Å²) in [4.78, 5) is 16.2. The molecule has 1 atom stereocenters. The lowest BCUT2D eigenvalue weighted by Crippen LogP contribution is -2.27. The van der Waals surface area contributed by atoms with Gasteiger partial charge in [0.15, 0.2) is 0 Å². The number of hydrogen-bond acceptors (Lipinski definition) is 4. The maximum atomic E-state index is 12.8. The van der Waals surface area contributed by atoms with Crippen molar-refractivity contribution < 1.29 is 30.3 Å². The predicted octanol–water partition coefficient (Wildman–Crippen LogP) is 1.50. The molecule has 2 rings (SSSR count). The number of carbonyl (C=O) groups excluding carboxylic acids is 1. The molecule has 2 heterocycles. The molecule has 116 valence electrons. The standard InChI is InChI=1S/C11H10F4N2O3S/c12-11(13,14)7-1-2-8(16-4-7)5-17-6-9(3-10(17)18)21(15,19)20/h1-2,4,9H,3,5-6H2. The second-order valence-electron chi connectivity index (χ2n) is 4.61.